The molecule has 134 valence electrons. The Hall–Kier alpha value is -1.92. The summed E-state index contributed by atoms with van der Waals surface area (Å²) >= 11 is 0. The van der Waals surface area contributed by atoms with Crippen LogP contribution in [0.1, 0.15) is 51.0 Å². The van der Waals surface area contributed by atoms with E-state index >= 15 is 0 Å². The summed E-state index contributed by atoms with van der Waals surface area (Å²) in [6.07, 6.45) is -2.66. The zero-order chi connectivity index (χ0) is 17.9. The Bertz CT molecular complexity index is 576. The van der Waals surface area contributed by atoms with Crippen molar-refractivity contribution in [1.29, 1.82) is 0 Å². The number of hydrogen-bond acceptors (Lipinski definition) is 3. The predicted octanol–water partition coefficient (Wildman–Crippen LogP) is 4.73. The second-order valence-electron chi connectivity index (χ2n) is 6.30. The number of halogens is 3. The number of aliphatic carboxylic acids is 1. The van der Waals surface area contributed by atoms with E-state index in [9.17, 15) is 18.0 Å². The topological polar surface area (TPSA) is 55.8 Å². The van der Waals surface area contributed by atoms with Crippen LogP contribution in [-0.4, -0.2) is 23.5 Å². The number of ether oxygens (including phenoxy) is 2. The smallest absolute Gasteiger partial charge is 0.491 e. The van der Waals surface area contributed by atoms with Crippen molar-refractivity contribution in [2.75, 3.05) is 0 Å². The Morgan fingerprint density at radius 3 is 2.33 bits per heavy atom. The quantitative estimate of drug-likeness (QED) is 0.837. The molecule has 1 fully saturated rings. The fraction of sp³-hybridized carbons (Fsp3) is 0.588. The van der Waals surface area contributed by atoms with Gasteiger partial charge >= 0.3 is 12.3 Å². The lowest BCUT2D eigenvalue weighted by atomic mass is 9.78. The Kier molecular flexibility index (Phi) is 5.62. The Morgan fingerprint density at radius 1 is 1.21 bits per heavy atom. The molecule has 1 saturated carbocycles. The van der Waals surface area contributed by atoms with Crippen LogP contribution < -0.4 is 9.47 Å². The molecule has 0 bridgehead atoms. The molecule has 0 atom stereocenters. The summed E-state index contributed by atoms with van der Waals surface area (Å²) in [7, 11) is 0. The highest BCUT2D eigenvalue weighted by Gasteiger charge is 2.33. The van der Waals surface area contributed by atoms with Gasteiger partial charge in [0.15, 0.2) is 0 Å². The summed E-state index contributed by atoms with van der Waals surface area (Å²) < 4.78 is 47.0. The van der Waals surface area contributed by atoms with Gasteiger partial charge < -0.3 is 14.6 Å². The van der Waals surface area contributed by atoms with Crippen LogP contribution in [0.25, 0.3) is 0 Å². The Balaban J connectivity index is 2.24. The molecule has 2 rings (SSSR count). The van der Waals surface area contributed by atoms with Crippen LogP contribution in [0.5, 0.6) is 11.5 Å². The molecule has 7 heteroatoms. The molecule has 0 heterocycles. The standard InChI is InChI=1S/C17H21F3O4/c1-10(2)23-15-8-7-13(24-17(18,19)20)9-14(15)11-3-5-12(6-4-11)16(21)22/h7-12H,3-6H2,1-2H3,(H,21,22). The molecule has 0 radical (unpaired) electrons. The molecule has 0 amide bonds. The molecule has 1 aromatic rings. The number of carboxylic acid groups (broad SMARTS) is 1. The third-order valence-corrected chi connectivity index (χ3v) is 4.09. The lowest BCUT2D eigenvalue weighted by Crippen LogP contribution is -2.21. The van der Waals surface area contributed by atoms with E-state index < -0.39 is 12.3 Å². The van der Waals surface area contributed by atoms with E-state index in [1.54, 1.807) is 0 Å². The van der Waals surface area contributed by atoms with E-state index in [2.05, 4.69) is 4.74 Å². The third-order valence-electron chi connectivity index (χ3n) is 4.09. The first-order valence-electron chi connectivity index (χ1n) is 7.95. The minimum atomic E-state index is -4.75. The van der Waals surface area contributed by atoms with Gasteiger partial charge in [-0.1, -0.05) is 0 Å². The van der Waals surface area contributed by atoms with Crippen molar-refractivity contribution in [3.63, 3.8) is 0 Å². The highest BCUT2D eigenvalue weighted by atomic mass is 19.4. The van der Waals surface area contributed by atoms with Crippen LogP contribution in [-0.2, 0) is 4.79 Å². The largest absolute Gasteiger partial charge is 0.573 e. The first-order chi connectivity index (χ1) is 11.2. The van der Waals surface area contributed by atoms with Crippen molar-refractivity contribution < 1.29 is 32.5 Å². The third kappa shape index (κ3) is 5.04. The second-order valence-corrected chi connectivity index (χ2v) is 6.30. The molecule has 4 nitrogen and oxygen atoms in total. The number of alkyl halides is 3. The normalized spacial score (nSPS) is 21.6. The molecule has 0 spiro atoms. The molecule has 0 unspecified atom stereocenters. The van der Waals surface area contributed by atoms with Gasteiger partial charge in [0.25, 0.3) is 0 Å². The van der Waals surface area contributed by atoms with Crippen molar-refractivity contribution in [1.82, 2.24) is 0 Å². The van der Waals surface area contributed by atoms with Crippen molar-refractivity contribution in [3.05, 3.63) is 23.8 Å². The van der Waals surface area contributed by atoms with E-state index in [0.717, 1.165) is 0 Å². The molecule has 0 aromatic heterocycles. The minimum absolute atomic E-state index is 0.0360. The van der Waals surface area contributed by atoms with Gasteiger partial charge in [-0.25, -0.2) is 0 Å². The van der Waals surface area contributed by atoms with Crippen LogP contribution >= 0.6 is 0 Å². The van der Waals surface area contributed by atoms with Crippen LogP contribution in [0, 0.1) is 5.92 Å². The molecule has 1 aliphatic rings. The molecule has 0 saturated heterocycles. The van der Waals surface area contributed by atoms with Crippen LogP contribution in [0.2, 0.25) is 0 Å². The lowest BCUT2D eigenvalue weighted by Gasteiger charge is -2.28. The highest BCUT2D eigenvalue weighted by Crippen LogP contribution is 2.42. The van der Waals surface area contributed by atoms with E-state index in [1.807, 2.05) is 13.8 Å². The maximum absolute atomic E-state index is 12.4. The summed E-state index contributed by atoms with van der Waals surface area (Å²) in [6, 6.07) is 4.08. The summed E-state index contributed by atoms with van der Waals surface area (Å²) in [6.45, 7) is 3.68. The van der Waals surface area contributed by atoms with Crippen LogP contribution in [0.4, 0.5) is 13.2 Å². The summed E-state index contributed by atoms with van der Waals surface area (Å²) in [5, 5.41) is 9.07. The van der Waals surface area contributed by atoms with Gasteiger partial charge in [0, 0.05) is 5.56 Å². The molecule has 0 aliphatic heterocycles. The maximum atomic E-state index is 12.4. The zero-order valence-corrected chi connectivity index (χ0v) is 13.6. The van der Waals surface area contributed by atoms with Gasteiger partial charge in [-0.3, -0.25) is 4.79 Å². The van der Waals surface area contributed by atoms with E-state index in [-0.39, 0.29) is 23.7 Å². The summed E-state index contributed by atoms with van der Waals surface area (Å²) in [5.41, 5.74) is 0.647. The number of carboxylic acids is 1. The van der Waals surface area contributed by atoms with E-state index in [0.29, 0.717) is 37.0 Å². The maximum Gasteiger partial charge on any atom is 0.573 e. The lowest BCUT2D eigenvalue weighted by molar-refractivity contribution is -0.274. The fourth-order valence-electron chi connectivity index (χ4n) is 3.06. The van der Waals surface area contributed by atoms with Crippen molar-refractivity contribution in [3.8, 4) is 11.5 Å². The van der Waals surface area contributed by atoms with Crippen molar-refractivity contribution in [2.24, 2.45) is 5.92 Å². The minimum Gasteiger partial charge on any atom is -0.491 e. The van der Waals surface area contributed by atoms with Gasteiger partial charge in [0.05, 0.1) is 12.0 Å². The molecular weight excluding hydrogens is 325 g/mol. The van der Waals surface area contributed by atoms with Gasteiger partial charge in [-0.15, -0.1) is 13.2 Å². The average Bonchev–Trinajstić information content (AvgIpc) is 2.47. The van der Waals surface area contributed by atoms with Crippen molar-refractivity contribution >= 4 is 5.97 Å². The molecular formula is C17H21F3O4. The molecule has 1 N–H and O–H groups in total. The second kappa shape index (κ2) is 7.32. The monoisotopic (exact) mass is 346 g/mol. The van der Waals surface area contributed by atoms with Crippen molar-refractivity contribution in [2.45, 2.75) is 57.9 Å². The van der Waals surface area contributed by atoms with Gasteiger partial charge in [-0.05, 0) is 63.6 Å². The number of carbonyl (C=O) groups is 1. The molecule has 1 aliphatic carbocycles. The molecule has 1 aromatic carbocycles. The summed E-state index contributed by atoms with van der Waals surface area (Å²) in [5.74, 6) is -0.995. The predicted molar refractivity (Wildman–Crippen MR) is 81.2 cm³/mol. The van der Waals surface area contributed by atoms with Gasteiger partial charge in [-0.2, -0.15) is 0 Å². The van der Waals surface area contributed by atoms with Gasteiger partial charge in [0.2, 0.25) is 0 Å². The van der Waals surface area contributed by atoms with Crippen LogP contribution in [0.3, 0.4) is 0 Å². The fourth-order valence-corrected chi connectivity index (χ4v) is 3.06. The average molecular weight is 346 g/mol. The Labute approximate surface area is 138 Å². The Morgan fingerprint density at radius 2 is 1.83 bits per heavy atom. The first kappa shape index (κ1) is 18.4. The highest BCUT2D eigenvalue weighted by molar-refractivity contribution is 5.70. The van der Waals surface area contributed by atoms with Crippen LogP contribution in [0.15, 0.2) is 18.2 Å². The van der Waals surface area contributed by atoms with E-state index in [1.165, 1.54) is 18.2 Å². The SMILES string of the molecule is CC(C)Oc1ccc(OC(F)(F)F)cc1C1CCC(C(=O)O)CC1. The number of rotatable bonds is 5. The van der Waals surface area contributed by atoms with Gasteiger partial charge in [0.1, 0.15) is 11.5 Å². The number of benzene rings is 1. The summed E-state index contributed by atoms with van der Waals surface area (Å²) in [4.78, 5) is 11.1. The first-order valence-corrected chi connectivity index (χ1v) is 7.95. The zero-order valence-electron chi connectivity index (χ0n) is 13.6. The molecule has 24 heavy (non-hydrogen) atoms. The van der Waals surface area contributed by atoms with E-state index in [4.69, 9.17) is 9.84 Å². The number of hydrogen-bond donors (Lipinski definition) is 1.